The number of piperidine rings is 1. The van der Waals surface area contributed by atoms with Crippen LogP contribution in [-0.4, -0.2) is 26.4 Å². The molecular weight excluding hydrogens is 309 g/mol. The van der Waals surface area contributed by atoms with Crippen LogP contribution < -0.4 is 19.5 Å². The van der Waals surface area contributed by atoms with Crippen LogP contribution >= 0.6 is 0 Å². The zero-order valence-corrected chi connectivity index (χ0v) is 12.6. The zero-order valence-electron chi connectivity index (χ0n) is 19.6. The van der Waals surface area contributed by atoms with Gasteiger partial charge in [0.15, 0.2) is 11.5 Å². The van der Waals surface area contributed by atoms with Crippen molar-refractivity contribution in [3.8, 4) is 17.2 Å². The highest BCUT2D eigenvalue weighted by Crippen LogP contribution is 2.36. The van der Waals surface area contributed by atoms with Gasteiger partial charge in [-0.25, -0.2) is 4.39 Å². The van der Waals surface area contributed by atoms with Crippen LogP contribution in [-0.2, 0) is 0 Å². The van der Waals surface area contributed by atoms with E-state index in [0.717, 1.165) is 12.1 Å². The Morgan fingerprint density at radius 2 is 2.04 bits per heavy atom. The van der Waals surface area contributed by atoms with Crippen LogP contribution in [0.3, 0.4) is 0 Å². The van der Waals surface area contributed by atoms with Gasteiger partial charge in [0.25, 0.3) is 0 Å². The molecule has 5 heteroatoms. The minimum Gasteiger partial charge on any atom is -0.493 e. The summed E-state index contributed by atoms with van der Waals surface area (Å²) >= 11 is 0. The molecule has 0 radical (unpaired) electrons. The summed E-state index contributed by atoms with van der Waals surface area (Å²) in [5.74, 6) is -3.43. The third-order valence-corrected chi connectivity index (χ3v) is 3.78. The van der Waals surface area contributed by atoms with E-state index in [4.69, 9.17) is 23.8 Å². The minimum atomic E-state index is -2.30. The van der Waals surface area contributed by atoms with E-state index in [0.29, 0.717) is 0 Å². The first kappa shape index (κ1) is 9.28. The van der Waals surface area contributed by atoms with Gasteiger partial charge in [-0.05, 0) is 48.6 Å². The maximum Gasteiger partial charge on any atom is 0.231 e. The van der Waals surface area contributed by atoms with Gasteiger partial charge in [0, 0.05) is 25.3 Å². The number of benzene rings is 2. The molecule has 2 aliphatic rings. The van der Waals surface area contributed by atoms with Gasteiger partial charge in [0.1, 0.15) is 14.3 Å². The van der Waals surface area contributed by atoms with E-state index >= 15 is 0 Å². The van der Waals surface area contributed by atoms with Gasteiger partial charge in [-0.1, -0.05) is 12.1 Å². The van der Waals surface area contributed by atoms with Crippen LogP contribution in [0.1, 0.15) is 27.4 Å². The summed E-state index contributed by atoms with van der Waals surface area (Å²) in [7, 11) is 0. The molecule has 0 saturated carbocycles. The van der Waals surface area contributed by atoms with Crippen molar-refractivity contribution in [1.82, 2.24) is 5.32 Å². The molecule has 2 aromatic carbocycles. The van der Waals surface area contributed by atoms with Gasteiger partial charge in [-0.15, -0.1) is 0 Å². The smallest absolute Gasteiger partial charge is 0.231 e. The Kier molecular flexibility index (Phi) is 2.59. The molecule has 2 atom stereocenters. The van der Waals surface area contributed by atoms with Gasteiger partial charge in [0.05, 0.1) is 6.61 Å². The first-order chi connectivity index (χ1) is 14.3. The van der Waals surface area contributed by atoms with Crippen molar-refractivity contribution in [3.63, 3.8) is 0 Å². The highest BCUT2D eigenvalue weighted by atomic mass is 19.1. The lowest BCUT2D eigenvalue weighted by atomic mass is 9.81. The Bertz CT molecular complexity index is 989. The van der Waals surface area contributed by atoms with Crippen LogP contribution in [0.25, 0.3) is 0 Å². The maximum absolute atomic E-state index is 13.4. The second-order valence-corrected chi connectivity index (χ2v) is 5.35. The zero-order chi connectivity index (χ0) is 22.7. The number of rotatable bonds is 4. The minimum absolute atomic E-state index is 0.110. The monoisotopic (exact) mass is 336 g/mol. The van der Waals surface area contributed by atoms with Crippen molar-refractivity contribution < 1.29 is 28.2 Å². The Labute approximate surface area is 150 Å². The molecule has 2 aliphatic heterocycles. The molecule has 1 fully saturated rings. The topological polar surface area (TPSA) is 39.7 Å². The van der Waals surface area contributed by atoms with E-state index in [9.17, 15) is 4.39 Å². The normalized spacial score (nSPS) is 36.0. The Morgan fingerprint density at radius 1 is 1.21 bits per heavy atom. The summed E-state index contributed by atoms with van der Waals surface area (Å²) < 4.78 is 86.8. The average molecular weight is 336 g/mol. The molecule has 1 saturated heterocycles. The number of ether oxygens (including phenoxy) is 3. The van der Waals surface area contributed by atoms with E-state index in [1.165, 1.54) is 30.3 Å². The molecule has 24 heavy (non-hydrogen) atoms. The van der Waals surface area contributed by atoms with Crippen molar-refractivity contribution in [3.05, 3.63) is 53.8 Å². The van der Waals surface area contributed by atoms with Crippen LogP contribution in [0.2, 0.25) is 0 Å². The van der Waals surface area contributed by atoms with Gasteiger partial charge >= 0.3 is 0 Å². The van der Waals surface area contributed by atoms with Crippen LogP contribution in [0.15, 0.2) is 42.5 Å². The van der Waals surface area contributed by atoms with Crippen LogP contribution in [0.5, 0.6) is 17.2 Å². The van der Waals surface area contributed by atoms with E-state index in [-0.39, 0.29) is 29.4 Å². The van der Waals surface area contributed by atoms with E-state index in [2.05, 4.69) is 5.32 Å². The van der Waals surface area contributed by atoms with Crippen molar-refractivity contribution in [2.24, 2.45) is 5.92 Å². The fraction of sp³-hybridized carbons (Fsp3) is 0.368. The number of hydrogen-bond acceptors (Lipinski definition) is 4. The van der Waals surface area contributed by atoms with E-state index in [1.807, 2.05) is 0 Å². The number of fused-ring (bicyclic) bond motifs is 1. The summed E-state index contributed by atoms with van der Waals surface area (Å²) in [6, 6.07) is 9.11. The molecule has 0 aromatic heterocycles. The Balaban J connectivity index is 1.65. The molecular formula is C19H20FNO3. The van der Waals surface area contributed by atoms with Crippen molar-refractivity contribution in [2.45, 2.75) is 12.3 Å². The lowest BCUT2D eigenvalue weighted by Gasteiger charge is -2.32. The molecule has 0 aliphatic carbocycles. The third kappa shape index (κ3) is 3.17. The van der Waals surface area contributed by atoms with Crippen molar-refractivity contribution in [1.29, 1.82) is 0 Å². The van der Waals surface area contributed by atoms with Crippen molar-refractivity contribution >= 4 is 0 Å². The highest BCUT2D eigenvalue weighted by Gasteiger charge is 2.27. The first-order valence-electron chi connectivity index (χ1n) is 11.0. The van der Waals surface area contributed by atoms with Gasteiger partial charge in [-0.3, -0.25) is 0 Å². The fourth-order valence-corrected chi connectivity index (χ4v) is 2.60. The number of halogens is 1. The summed E-state index contributed by atoms with van der Waals surface area (Å²) in [5.41, 5.74) is 0.136. The van der Waals surface area contributed by atoms with Gasteiger partial charge < -0.3 is 19.5 Å². The fourth-order valence-electron chi connectivity index (χ4n) is 2.60. The summed E-state index contributed by atoms with van der Waals surface area (Å²) in [6.45, 7) is -5.25. The molecule has 2 heterocycles. The average Bonchev–Trinajstić information content (AvgIpc) is 2.99. The highest BCUT2D eigenvalue weighted by molar-refractivity contribution is 5.46. The van der Waals surface area contributed by atoms with Crippen LogP contribution in [0, 0.1) is 11.7 Å². The molecule has 1 unspecified atom stereocenters. The maximum atomic E-state index is 13.4. The molecule has 2 aromatic rings. The molecule has 126 valence electrons. The number of nitrogens with one attached hydrogen (secondary N) is 1. The summed E-state index contributed by atoms with van der Waals surface area (Å²) in [4.78, 5) is 0. The first-order valence-corrected chi connectivity index (χ1v) is 7.50. The number of hydrogen-bond donors (Lipinski definition) is 1. The summed E-state index contributed by atoms with van der Waals surface area (Å²) in [5, 5.41) is 2.51. The molecule has 4 nitrogen and oxygen atoms in total. The Morgan fingerprint density at radius 3 is 2.92 bits per heavy atom. The van der Waals surface area contributed by atoms with Gasteiger partial charge in [0.2, 0.25) is 6.75 Å². The molecule has 1 N–H and O–H groups in total. The molecule has 0 bridgehead atoms. The predicted octanol–water partition coefficient (Wildman–Crippen LogP) is 3.33. The SMILES string of the molecule is [2H]C1([2H])Oc2ccc(OCC3C([2H])([2H])NCC([2H])([2H])[C@@]3([2H])c3ccc(F)cc3)cc2O1. The lowest BCUT2D eigenvalue weighted by molar-refractivity contribution is 0.173. The lowest BCUT2D eigenvalue weighted by Crippen LogP contribution is -2.38. The Hall–Kier alpha value is -2.27. The third-order valence-electron chi connectivity index (χ3n) is 3.78. The molecule has 0 amide bonds. The predicted molar refractivity (Wildman–Crippen MR) is 88.2 cm³/mol. The second-order valence-electron chi connectivity index (χ2n) is 5.35. The van der Waals surface area contributed by atoms with E-state index < -0.39 is 43.8 Å². The molecule has 4 rings (SSSR count). The quantitative estimate of drug-likeness (QED) is 0.930. The largest absolute Gasteiger partial charge is 0.493 e. The standard InChI is InChI=1S/C19H20FNO3/c20-15-3-1-13(2-4-15)17-7-8-21-10-14(17)11-22-16-5-6-18-19(9-16)24-12-23-18/h1-6,9,14,17,21H,7-8,10-12H2/t14?,17-/m0/s1/i7D2,10D2,12D2,17D. The summed E-state index contributed by atoms with van der Waals surface area (Å²) in [6.07, 6.45) is -2.19. The van der Waals surface area contributed by atoms with Crippen LogP contribution in [0.4, 0.5) is 4.39 Å². The van der Waals surface area contributed by atoms with E-state index in [1.54, 1.807) is 0 Å². The second kappa shape index (κ2) is 6.69. The van der Waals surface area contributed by atoms with Crippen molar-refractivity contribution in [2.75, 3.05) is 26.4 Å². The molecule has 0 spiro atoms. The van der Waals surface area contributed by atoms with Gasteiger partial charge in [-0.2, -0.15) is 0 Å².